The molecule has 0 aliphatic heterocycles. The van der Waals surface area contributed by atoms with Gasteiger partial charge in [0, 0.05) is 11.6 Å². The van der Waals surface area contributed by atoms with Crippen molar-refractivity contribution in [3.63, 3.8) is 0 Å². The van der Waals surface area contributed by atoms with Gasteiger partial charge >= 0.3 is 0 Å². The van der Waals surface area contributed by atoms with Crippen LogP contribution in [0.25, 0.3) is 0 Å². The van der Waals surface area contributed by atoms with Gasteiger partial charge in [0.05, 0.1) is 0 Å². The highest BCUT2D eigenvalue weighted by atomic mass is 35.5. The zero-order valence-electron chi connectivity index (χ0n) is 12.5. The van der Waals surface area contributed by atoms with Gasteiger partial charge in [0.1, 0.15) is 0 Å². The number of benzene rings is 1. The van der Waals surface area contributed by atoms with Crippen molar-refractivity contribution in [2.45, 2.75) is 39.5 Å². The average Bonchev–Trinajstić information content (AvgIpc) is 2.39. The van der Waals surface area contributed by atoms with Gasteiger partial charge in [-0.15, -0.1) is 0 Å². The Morgan fingerprint density at radius 3 is 2.63 bits per heavy atom. The van der Waals surface area contributed by atoms with E-state index < -0.39 is 0 Å². The summed E-state index contributed by atoms with van der Waals surface area (Å²) in [6.45, 7) is 10.8. The molecular formula is C17H26ClN. The lowest BCUT2D eigenvalue weighted by Crippen LogP contribution is -2.20. The van der Waals surface area contributed by atoms with Gasteiger partial charge in [0.15, 0.2) is 0 Å². The van der Waals surface area contributed by atoms with Crippen LogP contribution in [0.1, 0.15) is 37.8 Å². The van der Waals surface area contributed by atoms with E-state index in [1.54, 1.807) is 0 Å². The number of hydrogen-bond acceptors (Lipinski definition) is 1. The first kappa shape index (κ1) is 16.3. The van der Waals surface area contributed by atoms with Gasteiger partial charge in [-0.05, 0) is 56.5 Å². The number of halogens is 1. The molecule has 2 heteroatoms. The second-order valence-electron chi connectivity index (χ2n) is 5.21. The Morgan fingerprint density at radius 1 is 1.26 bits per heavy atom. The molecule has 0 N–H and O–H groups in total. The van der Waals surface area contributed by atoms with Crippen molar-refractivity contribution >= 4 is 11.6 Å². The third-order valence-corrected chi connectivity index (χ3v) is 3.83. The maximum atomic E-state index is 6.31. The SMILES string of the molecule is C=C(CCN(C)CCC)Cc1c(Cl)cccc1CC. The van der Waals surface area contributed by atoms with E-state index in [1.165, 1.54) is 23.1 Å². The van der Waals surface area contributed by atoms with Crippen LogP contribution in [-0.2, 0) is 12.8 Å². The van der Waals surface area contributed by atoms with Crippen molar-refractivity contribution in [2.75, 3.05) is 20.1 Å². The fourth-order valence-electron chi connectivity index (χ4n) is 2.31. The number of rotatable bonds is 8. The Bertz CT molecular complexity index is 412. The standard InChI is InChI=1S/C17H26ClN/c1-5-11-19(4)12-10-14(3)13-16-15(6-2)8-7-9-17(16)18/h7-9H,3,5-6,10-13H2,1-2,4H3. The minimum atomic E-state index is 0.877. The summed E-state index contributed by atoms with van der Waals surface area (Å²) >= 11 is 6.31. The summed E-state index contributed by atoms with van der Waals surface area (Å²) < 4.78 is 0. The zero-order chi connectivity index (χ0) is 14.3. The second kappa shape index (κ2) is 8.39. The molecule has 106 valence electrons. The van der Waals surface area contributed by atoms with Gasteiger partial charge in [-0.3, -0.25) is 0 Å². The normalized spacial score (nSPS) is 11.0. The van der Waals surface area contributed by atoms with Crippen LogP contribution in [0, 0.1) is 0 Å². The molecule has 0 atom stereocenters. The van der Waals surface area contributed by atoms with Crippen molar-refractivity contribution in [1.82, 2.24) is 4.90 Å². The van der Waals surface area contributed by atoms with Crippen LogP contribution >= 0.6 is 11.6 Å². The van der Waals surface area contributed by atoms with E-state index >= 15 is 0 Å². The molecule has 0 saturated heterocycles. The molecule has 0 radical (unpaired) electrons. The molecule has 19 heavy (non-hydrogen) atoms. The van der Waals surface area contributed by atoms with E-state index in [1.807, 2.05) is 12.1 Å². The highest BCUT2D eigenvalue weighted by Crippen LogP contribution is 2.24. The van der Waals surface area contributed by atoms with E-state index in [4.69, 9.17) is 11.6 Å². The van der Waals surface area contributed by atoms with Crippen molar-refractivity contribution in [3.05, 3.63) is 46.5 Å². The third-order valence-electron chi connectivity index (χ3n) is 3.48. The van der Waals surface area contributed by atoms with Gasteiger partial charge in [0.25, 0.3) is 0 Å². The second-order valence-corrected chi connectivity index (χ2v) is 5.62. The van der Waals surface area contributed by atoms with E-state index in [9.17, 15) is 0 Å². The molecule has 1 aromatic carbocycles. The molecule has 0 unspecified atom stereocenters. The first-order chi connectivity index (χ1) is 9.08. The number of nitrogens with zero attached hydrogens (tertiary/aromatic N) is 1. The molecular weight excluding hydrogens is 254 g/mol. The van der Waals surface area contributed by atoms with Crippen molar-refractivity contribution in [1.29, 1.82) is 0 Å². The van der Waals surface area contributed by atoms with Crippen LogP contribution in [0.3, 0.4) is 0 Å². The van der Waals surface area contributed by atoms with E-state index in [-0.39, 0.29) is 0 Å². The Balaban J connectivity index is 2.57. The maximum Gasteiger partial charge on any atom is 0.0443 e. The molecule has 0 amide bonds. The largest absolute Gasteiger partial charge is 0.306 e. The monoisotopic (exact) mass is 279 g/mol. The summed E-state index contributed by atoms with van der Waals surface area (Å²) in [7, 11) is 2.17. The Morgan fingerprint density at radius 2 is 2.00 bits per heavy atom. The van der Waals surface area contributed by atoms with Gasteiger partial charge in [-0.25, -0.2) is 0 Å². The van der Waals surface area contributed by atoms with Crippen LogP contribution < -0.4 is 0 Å². The Hall–Kier alpha value is -0.790. The van der Waals surface area contributed by atoms with Crippen LogP contribution in [0.5, 0.6) is 0 Å². The average molecular weight is 280 g/mol. The smallest absolute Gasteiger partial charge is 0.0443 e. The lowest BCUT2D eigenvalue weighted by Gasteiger charge is -2.17. The van der Waals surface area contributed by atoms with E-state index in [0.717, 1.165) is 37.4 Å². The maximum absolute atomic E-state index is 6.31. The molecule has 0 aliphatic rings. The lowest BCUT2D eigenvalue weighted by molar-refractivity contribution is 0.338. The first-order valence-electron chi connectivity index (χ1n) is 7.19. The van der Waals surface area contributed by atoms with Crippen molar-refractivity contribution < 1.29 is 0 Å². The minimum absolute atomic E-state index is 0.877. The fourth-order valence-corrected chi connectivity index (χ4v) is 2.57. The quantitative estimate of drug-likeness (QED) is 0.622. The molecule has 1 rings (SSSR count). The van der Waals surface area contributed by atoms with E-state index in [0.29, 0.717) is 0 Å². The topological polar surface area (TPSA) is 3.24 Å². The Labute approximate surface area is 123 Å². The number of aryl methyl sites for hydroxylation is 1. The molecule has 0 bridgehead atoms. The predicted octanol–water partition coefficient (Wildman–Crippen LogP) is 4.73. The summed E-state index contributed by atoms with van der Waals surface area (Å²) in [6.07, 6.45) is 4.18. The summed E-state index contributed by atoms with van der Waals surface area (Å²) in [5.74, 6) is 0. The lowest BCUT2D eigenvalue weighted by atomic mass is 9.97. The van der Waals surface area contributed by atoms with Crippen LogP contribution in [0.2, 0.25) is 5.02 Å². The van der Waals surface area contributed by atoms with Gasteiger partial charge < -0.3 is 4.90 Å². The zero-order valence-corrected chi connectivity index (χ0v) is 13.3. The first-order valence-corrected chi connectivity index (χ1v) is 7.57. The molecule has 1 nitrogen and oxygen atoms in total. The molecule has 0 fully saturated rings. The molecule has 0 spiro atoms. The highest BCUT2D eigenvalue weighted by Gasteiger charge is 2.08. The molecule has 0 saturated carbocycles. The summed E-state index contributed by atoms with van der Waals surface area (Å²) in [5, 5.41) is 0.877. The van der Waals surface area contributed by atoms with Crippen LogP contribution in [0.4, 0.5) is 0 Å². The number of hydrogen-bond donors (Lipinski definition) is 0. The van der Waals surface area contributed by atoms with Gasteiger partial charge in [-0.1, -0.05) is 49.7 Å². The summed E-state index contributed by atoms with van der Waals surface area (Å²) in [6, 6.07) is 6.17. The van der Waals surface area contributed by atoms with Gasteiger partial charge in [-0.2, -0.15) is 0 Å². The molecule has 1 aromatic rings. The molecule has 0 aromatic heterocycles. The Kier molecular flexibility index (Phi) is 7.19. The van der Waals surface area contributed by atoms with Gasteiger partial charge in [0.2, 0.25) is 0 Å². The third kappa shape index (κ3) is 5.38. The van der Waals surface area contributed by atoms with Crippen LogP contribution in [0.15, 0.2) is 30.4 Å². The van der Waals surface area contributed by atoms with Crippen molar-refractivity contribution in [2.24, 2.45) is 0 Å². The highest BCUT2D eigenvalue weighted by molar-refractivity contribution is 6.31. The molecule has 0 aliphatic carbocycles. The minimum Gasteiger partial charge on any atom is -0.306 e. The fraction of sp³-hybridized carbons (Fsp3) is 0.529. The van der Waals surface area contributed by atoms with Crippen LogP contribution in [-0.4, -0.2) is 25.0 Å². The van der Waals surface area contributed by atoms with Crippen molar-refractivity contribution in [3.8, 4) is 0 Å². The summed E-state index contributed by atoms with van der Waals surface area (Å²) in [5.41, 5.74) is 3.87. The summed E-state index contributed by atoms with van der Waals surface area (Å²) in [4.78, 5) is 2.36. The molecule has 0 heterocycles. The predicted molar refractivity (Wildman–Crippen MR) is 86.1 cm³/mol. The van der Waals surface area contributed by atoms with E-state index in [2.05, 4.69) is 38.4 Å².